The molecule has 2 heterocycles. The van der Waals surface area contributed by atoms with Crippen molar-refractivity contribution in [3.05, 3.63) is 42.2 Å². The quantitative estimate of drug-likeness (QED) is 0.850. The van der Waals surface area contributed by atoms with Gasteiger partial charge >= 0.3 is 0 Å². The predicted molar refractivity (Wildman–Crippen MR) is 67.9 cm³/mol. The number of rotatable bonds is 2. The number of hydrogen-bond donors (Lipinski definition) is 1. The largest absolute Gasteiger partial charge is 0.391 e. The van der Waals surface area contributed by atoms with Gasteiger partial charge in [0.2, 0.25) is 0 Å². The van der Waals surface area contributed by atoms with Crippen molar-refractivity contribution in [1.82, 2.24) is 19.9 Å². The average molecular weight is 258 g/mol. The van der Waals surface area contributed by atoms with E-state index in [2.05, 4.69) is 10.3 Å². The van der Waals surface area contributed by atoms with Crippen molar-refractivity contribution < 1.29 is 9.90 Å². The molecule has 1 N–H and O–H groups in total. The van der Waals surface area contributed by atoms with E-state index in [1.807, 2.05) is 30.3 Å². The summed E-state index contributed by atoms with van der Waals surface area (Å²) in [4.78, 5) is 13.7. The molecule has 0 bridgehead atoms. The Bertz CT molecular complexity index is 581. The first-order valence-corrected chi connectivity index (χ1v) is 6.19. The highest BCUT2D eigenvalue weighted by molar-refractivity contribution is 5.92. The molecule has 6 nitrogen and oxygen atoms in total. The molecule has 1 aromatic carbocycles. The predicted octanol–water partition coefficient (Wildman–Crippen LogP) is 0.474. The molecule has 1 fully saturated rings. The summed E-state index contributed by atoms with van der Waals surface area (Å²) < 4.78 is 1.57. The first-order valence-electron chi connectivity index (χ1n) is 6.19. The van der Waals surface area contributed by atoms with Gasteiger partial charge in [0.05, 0.1) is 18.0 Å². The topological polar surface area (TPSA) is 71.2 Å². The van der Waals surface area contributed by atoms with Gasteiger partial charge in [-0.15, -0.1) is 5.10 Å². The van der Waals surface area contributed by atoms with E-state index in [9.17, 15) is 9.90 Å². The standard InChI is InChI=1S/C13H14N4O2/c18-11-6-7-16(8-11)13(19)12-9-17(15-14-12)10-4-2-1-3-5-10/h1-5,9,11,18H,6-8H2. The third-order valence-electron chi connectivity index (χ3n) is 3.18. The Labute approximate surface area is 110 Å². The third kappa shape index (κ3) is 2.34. The van der Waals surface area contributed by atoms with Crippen LogP contribution in [0.5, 0.6) is 0 Å². The summed E-state index contributed by atoms with van der Waals surface area (Å²) in [6, 6.07) is 9.49. The van der Waals surface area contributed by atoms with Crippen molar-refractivity contribution in [1.29, 1.82) is 0 Å². The Morgan fingerprint density at radius 3 is 2.79 bits per heavy atom. The van der Waals surface area contributed by atoms with Crippen LogP contribution in [-0.2, 0) is 0 Å². The summed E-state index contributed by atoms with van der Waals surface area (Å²) in [5.41, 5.74) is 1.16. The van der Waals surface area contributed by atoms with Gasteiger partial charge in [-0.3, -0.25) is 4.79 Å². The van der Waals surface area contributed by atoms with Crippen LogP contribution in [0.15, 0.2) is 36.5 Å². The number of aromatic nitrogens is 3. The van der Waals surface area contributed by atoms with Gasteiger partial charge < -0.3 is 10.0 Å². The van der Waals surface area contributed by atoms with Crippen LogP contribution >= 0.6 is 0 Å². The smallest absolute Gasteiger partial charge is 0.276 e. The summed E-state index contributed by atoms with van der Waals surface area (Å²) in [5, 5.41) is 17.3. The van der Waals surface area contributed by atoms with E-state index in [0.717, 1.165) is 5.69 Å². The lowest BCUT2D eigenvalue weighted by molar-refractivity contribution is 0.0759. The molecule has 1 aliphatic rings. The number of nitrogens with zero attached hydrogens (tertiary/aromatic N) is 4. The summed E-state index contributed by atoms with van der Waals surface area (Å²) in [6.07, 6.45) is 1.81. The van der Waals surface area contributed by atoms with Gasteiger partial charge in [0.15, 0.2) is 5.69 Å². The highest BCUT2D eigenvalue weighted by Crippen LogP contribution is 2.13. The molecule has 6 heteroatoms. The van der Waals surface area contributed by atoms with E-state index in [-0.39, 0.29) is 5.91 Å². The van der Waals surface area contributed by atoms with Gasteiger partial charge in [0, 0.05) is 13.1 Å². The number of likely N-dealkylation sites (tertiary alicyclic amines) is 1. The van der Waals surface area contributed by atoms with Crippen molar-refractivity contribution in [2.75, 3.05) is 13.1 Å². The van der Waals surface area contributed by atoms with E-state index in [1.54, 1.807) is 15.8 Å². The molecular weight excluding hydrogens is 244 g/mol. The summed E-state index contributed by atoms with van der Waals surface area (Å²) >= 11 is 0. The molecule has 0 saturated carbocycles. The van der Waals surface area contributed by atoms with Gasteiger partial charge in [-0.25, -0.2) is 4.68 Å². The molecule has 1 amide bonds. The molecule has 0 spiro atoms. The van der Waals surface area contributed by atoms with Gasteiger partial charge in [0.1, 0.15) is 0 Å². The number of benzene rings is 1. The maximum atomic E-state index is 12.1. The molecule has 1 atom stereocenters. The number of carbonyl (C=O) groups excluding carboxylic acids is 1. The van der Waals surface area contributed by atoms with Crippen molar-refractivity contribution in [3.8, 4) is 5.69 Å². The minimum absolute atomic E-state index is 0.182. The minimum atomic E-state index is -0.423. The highest BCUT2D eigenvalue weighted by Gasteiger charge is 2.27. The van der Waals surface area contributed by atoms with Crippen molar-refractivity contribution in [3.63, 3.8) is 0 Å². The fourth-order valence-electron chi connectivity index (χ4n) is 2.16. The molecule has 1 aromatic heterocycles. The van der Waals surface area contributed by atoms with E-state index in [1.165, 1.54) is 0 Å². The lowest BCUT2D eigenvalue weighted by Gasteiger charge is -2.12. The van der Waals surface area contributed by atoms with E-state index in [0.29, 0.717) is 25.2 Å². The van der Waals surface area contributed by atoms with E-state index in [4.69, 9.17) is 0 Å². The average Bonchev–Trinajstić information content (AvgIpc) is 3.08. The second-order valence-corrected chi connectivity index (χ2v) is 4.58. The summed E-state index contributed by atoms with van der Waals surface area (Å²) in [7, 11) is 0. The molecule has 1 saturated heterocycles. The second-order valence-electron chi connectivity index (χ2n) is 4.58. The molecule has 0 aliphatic carbocycles. The minimum Gasteiger partial charge on any atom is -0.391 e. The van der Waals surface area contributed by atoms with Crippen LogP contribution in [0.2, 0.25) is 0 Å². The number of amides is 1. The Balaban J connectivity index is 1.80. The molecule has 1 unspecified atom stereocenters. The van der Waals surface area contributed by atoms with Crippen molar-refractivity contribution >= 4 is 5.91 Å². The Hall–Kier alpha value is -2.21. The number of hydrogen-bond acceptors (Lipinski definition) is 4. The molecule has 19 heavy (non-hydrogen) atoms. The number of aliphatic hydroxyl groups is 1. The van der Waals surface area contributed by atoms with Crippen LogP contribution in [0.1, 0.15) is 16.9 Å². The van der Waals surface area contributed by atoms with Crippen LogP contribution < -0.4 is 0 Å². The van der Waals surface area contributed by atoms with E-state index >= 15 is 0 Å². The SMILES string of the molecule is O=C(c1cn(-c2ccccc2)nn1)N1CCC(O)C1. The van der Waals surface area contributed by atoms with Crippen LogP contribution in [0.4, 0.5) is 0 Å². The monoisotopic (exact) mass is 258 g/mol. The molecule has 1 aliphatic heterocycles. The van der Waals surface area contributed by atoms with E-state index < -0.39 is 6.10 Å². The van der Waals surface area contributed by atoms with Gasteiger partial charge in [0.25, 0.3) is 5.91 Å². The number of aliphatic hydroxyl groups excluding tert-OH is 1. The van der Waals surface area contributed by atoms with Crippen molar-refractivity contribution in [2.45, 2.75) is 12.5 Å². The second kappa shape index (κ2) is 4.81. The normalized spacial score (nSPS) is 18.8. The van der Waals surface area contributed by atoms with Crippen LogP contribution in [0.3, 0.4) is 0 Å². The lowest BCUT2D eigenvalue weighted by atomic mass is 10.3. The van der Waals surface area contributed by atoms with Crippen molar-refractivity contribution in [2.24, 2.45) is 0 Å². The zero-order valence-corrected chi connectivity index (χ0v) is 10.3. The Morgan fingerprint density at radius 2 is 2.11 bits per heavy atom. The van der Waals surface area contributed by atoms with Crippen LogP contribution in [-0.4, -0.2) is 50.1 Å². The number of carbonyl (C=O) groups is 1. The Kier molecular flexibility index (Phi) is 3.00. The highest BCUT2D eigenvalue weighted by atomic mass is 16.3. The van der Waals surface area contributed by atoms with Crippen LogP contribution in [0.25, 0.3) is 5.69 Å². The zero-order chi connectivity index (χ0) is 13.2. The fraction of sp³-hybridized carbons (Fsp3) is 0.308. The third-order valence-corrected chi connectivity index (χ3v) is 3.18. The Morgan fingerprint density at radius 1 is 1.32 bits per heavy atom. The molecule has 98 valence electrons. The molecule has 3 rings (SSSR count). The number of para-hydroxylation sites is 1. The molecule has 2 aromatic rings. The molecule has 0 radical (unpaired) electrons. The summed E-state index contributed by atoms with van der Waals surface area (Å²) in [6.45, 7) is 0.940. The fourth-order valence-corrected chi connectivity index (χ4v) is 2.16. The molecular formula is C13H14N4O2. The maximum absolute atomic E-state index is 12.1. The first-order chi connectivity index (χ1) is 9.24. The summed E-state index contributed by atoms with van der Waals surface area (Å²) in [5.74, 6) is -0.182. The zero-order valence-electron chi connectivity index (χ0n) is 10.3. The number of β-amino-alcohol motifs (C(OH)–C–C–N with tert-alkyl or cyclic N) is 1. The maximum Gasteiger partial charge on any atom is 0.276 e. The van der Waals surface area contributed by atoms with Gasteiger partial charge in [-0.1, -0.05) is 23.4 Å². The lowest BCUT2D eigenvalue weighted by Crippen LogP contribution is -2.29. The van der Waals surface area contributed by atoms with Crippen LogP contribution in [0, 0.1) is 0 Å². The van der Waals surface area contributed by atoms with Gasteiger partial charge in [-0.05, 0) is 18.6 Å². The first kappa shape index (κ1) is 11.9. The van der Waals surface area contributed by atoms with Gasteiger partial charge in [-0.2, -0.15) is 0 Å².